The summed E-state index contributed by atoms with van der Waals surface area (Å²) in [6.07, 6.45) is 0.820. The predicted molar refractivity (Wildman–Crippen MR) is 110 cm³/mol. The van der Waals surface area contributed by atoms with Gasteiger partial charge in [-0.1, -0.05) is 17.7 Å². The van der Waals surface area contributed by atoms with Crippen LogP contribution in [0.25, 0.3) is 0 Å². The van der Waals surface area contributed by atoms with Gasteiger partial charge in [-0.25, -0.2) is 0 Å². The first-order valence-electron chi connectivity index (χ1n) is 8.79. The molecule has 26 heavy (non-hydrogen) atoms. The molecule has 2 aromatic rings. The number of benzene rings is 2. The van der Waals surface area contributed by atoms with Crippen LogP contribution in [-0.2, 0) is 0 Å². The van der Waals surface area contributed by atoms with E-state index in [1.807, 2.05) is 18.2 Å². The Kier molecular flexibility index (Phi) is 5.10. The summed E-state index contributed by atoms with van der Waals surface area (Å²) >= 11 is 5.57. The molecule has 0 saturated carbocycles. The minimum atomic E-state index is -0.285. The molecule has 0 bridgehead atoms. The first-order valence-corrected chi connectivity index (χ1v) is 9.20. The lowest BCUT2D eigenvalue weighted by molar-refractivity contribution is 0.0693. The first-order chi connectivity index (χ1) is 12.3. The number of fused-ring (bicyclic) bond motifs is 1. The van der Waals surface area contributed by atoms with Crippen molar-refractivity contribution in [1.29, 1.82) is 0 Å². The molecule has 2 N–H and O–H groups in total. The zero-order valence-corrected chi connectivity index (χ0v) is 16.8. The van der Waals surface area contributed by atoms with Crippen LogP contribution in [0.5, 0.6) is 11.5 Å². The van der Waals surface area contributed by atoms with Gasteiger partial charge < -0.3 is 20.1 Å². The normalized spacial score (nSPS) is 17.7. The molecular formula is C21H26N2O2S. The highest BCUT2D eigenvalue weighted by molar-refractivity contribution is 7.80. The number of rotatable bonds is 3. The van der Waals surface area contributed by atoms with Crippen LogP contribution in [0.4, 0.5) is 5.69 Å². The summed E-state index contributed by atoms with van der Waals surface area (Å²) in [5, 5.41) is 7.39. The third kappa shape index (κ3) is 4.10. The van der Waals surface area contributed by atoms with Crippen molar-refractivity contribution in [3.63, 3.8) is 0 Å². The monoisotopic (exact) mass is 370 g/mol. The van der Waals surface area contributed by atoms with Gasteiger partial charge in [0.25, 0.3) is 0 Å². The van der Waals surface area contributed by atoms with Gasteiger partial charge in [0.05, 0.1) is 13.2 Å². The molecule has 3 rings (SSSR count). The molecule has 0 unspecified atom stereocenters. The Balaban J connectivity index is 1.79. The van der Waals surface area contributed by atoms with Crippen molar-refractivity contribution < 1.29 is 9.47 Å². The lowest BCUT2D eigenvalue weighted by atomic mass is 9.89. The summed E-state index contributed by atoms with van der Waals surface area (Å²) in [5.41, 5.74) is 4.24. The van der Waals surface area contributed by atoms with Crippen LogP contribution in [0.2, 0.25) is 0 Å². The quantitative estimate of drug-likeness (QED) is 0.752. The predicted octanol–water partition coefficient (Wildman–Crippen LogP) is 4.90. The van der Waals surface area contributed by atoms with Crippen LogP contribution < -0.4 is 20.1 Å². The molecule has 0 radical (unpaired) electrons. The maximum atomic E-state index is 6.14. The highest BCUT2D eigenvalue weighted by Gasteiger charge is 2.34. The Morgan fingerprint density at radius 2 is 1.96 bits per heavy atom. The van der Waals surface area contributed by atoms with Gasteiger partial charge in [0.1, 0.15) is 17.1 Å². The van der Waals surface area contributed by atoms with E-state index in [0.29, 0.717) is 5.11 Å². The molecule has 0 aromatic heterocycles. The summed E-state index contributed by atoms with van der Waals surface area (Å²) in [6.45, 7) is 8.34. The van der Waals surface area contributed by atoms with Gasteiger partial charge in [0.15, 0.2) is 5.11 Å². The zero-order chi connectivity index (χ0) is 18.9. The van der Waals surface area contributed by atoms with E-state index in [2.05, 4.69) is 56.5 Å². The minimum Gasteiger partial charge on any atom is -0.497 e. The van der Waals surface area contributed by atoms with Gasteiger partial charge in [-0.15, -0.1) is 0 Å². The molecule has 0 aliphatic carbocycles. The van der Waals surface area contributed by atoms with E-state index < -0.39 is 0 Å². The fraction of sp³-hybridized carbons (Fsp3) is 0.381. The van der Waals surface area contributed by atoms with E-state index in [-0.39, 0.29) is 11.6 Å². The molecule has 1 aliphatic rings. The number of hydrogen-bond donors (Lipinski definition) is 2. The Hall–Kier alpha value is -2.27. The van der Waals surface area contributed by atoms with E-state index in [0.717, 1.165) is 29.2 Å². The van der Waals surface area contributed by atoms with Crippen molar-refractivity contribution in [2.24, 2.45) is 0 Å². The van der Waals surface area contributed by atoms with Crippen LogP contribution >= 0.6 is 12.2 Å². The van der Waals surface area contributed by atoms with E-state index >= 15 is 0 Å². The molecule has 5 heteroatoms. The number of methoxy groups -OCH3 is 1. The van der Waals surface area contributed by atoms with Gasteiger partial charge in [-0.2, -0.15) is 0 Å². The molecule has 1 aliphatic heterocycles. The molecule has 1 heterocycles. The third-order valence-corrected chi connectivity index (χ3v) is 4.83. The van der Waals surface area contributed by atoms with Crippen molar-refractivity contribution in [2.75, 3.05) is 12.4 Å². The summed E-state index contributed by atoms with van der Waals surface area (Å²) in [6, 6.07) is 12.3. The largest absolute Gasteiger partial charge is 0.497 e. The van der Waals surface area contributed by atoms with Gasteiger partial charge in [0.2, 0.25) is 0 Å². The number of aryl methyl sites for hydroxylation is 2. The summed E-state index contributed by atoms with van der Waals surface area (Å²) in [4.78, 5) is 0. The number of hydrogen-bond acceptors (Lipinski definition) is 3. The topological polar surface area (TPSA) is 42.5 Å². The Bertz CT molecular complexity index is 833. The maximum Gasteiger partial charge on any atom is 0.171 e. The molecule has 138 valence electrons. The zero-order valence-electron chi connectivity index (χ0n) is 16.0. The number of thiocarbonyl (C=S) groups is 1. The van der Waals surface area contributed by atoms with E-state index in [1.165, 1.54) is 11.1 Å². The Labute approximate surface area is 160 Å². The van der Waals surface area contributed by atoms with E-state index in [1.54, 1.807) is 7.11 Å². The van der Waals surface area contributed by atoms with E-state index in [4.69, 9.17) is 21.7 Å². The second kappa shape index (κ2) is 7.16. The van der Waals surface area contributed by atoms with Gasteiger partial charge >= 0.3 is 0 Å². The lowest BCUT2D eigenvalue weighted by Gasteiger charge is -2.38. The first kappa shape index (κ1) is 18.5. The average molecular weight is 371 g/mol. The molecular weight excluding hydrogens is 344 g/mol. The molecule has 0 spiro atoms. The Morgan fingerprint density at radius 3 is 2.65 bits per heavy atom. The third-order valence-electron chi connectivity index (χ3n) is 4.61. The van der Waals surface area contributed by atoms with Crippen LogP contribution in [0.1, 0.15) is 43.0 Å². The molecule has 0 fully saturated rings. The SMILES string of the molecule is COc1ccc2c(c1)OC(C)(C)C[C@@H]2NC(=S)Nc1ccc(C)cc1C. The van der Waals surface area contributed by atoms with Crippen molar-refractivity contribution in [3.05, 3.63) is 53.1 Å². The number of nitrogens with one attached hydrogen (secondary N) is 2. The second-order valence-corrected chi connectivity index (χ2v) is 7.85. The lowest BCUT2D eigenvalue weighted by Crippen LogP contribution is -2.42. The molecule has 0 saturated heterocycles. The Morgan fingerprint density at radius 1 is 1.19 bits per heavy atom. The fourth-order valence-electron chi connectivity index (χ4n) is 3.36. The number of ether oxygens (including phenoxy) is 2. The van der Waals surface area contributed by atoms with Gasteiger partial charge in [-0.05, 0) is 63.7 Å². The van der Waals surface area contributed by atoms with Crippen molar-refractivity contribution in [3.8, 4) is 11.5 Å². The fourth-order valence-corrected chi connectivity index (χ4v) is 3.61. The highest BCUT2D eigenvalue weighted by Crippen LogP contribution is 2.41. The maximum absolute atomic E-state index is 6.14. The van der Waals surface area contributed by atoms with E-state index in [9.17, 15) is 0 Å². The highest BCUT2D eigenvalue weighted by atomic mass is 32.1. The second-order valence-electron chi connectivity index (χ2n) is 7.44. The average Bonchev–Trinajstić information content (AvgIpc) is 2.55. The standard InChI is InChI=1S/C21H26N2O2S/c1-13-6-9-17(14(2)10-13)22-20(26)23-18-12-21(3,4)25-19-11-15(24-5)7-8-16(18)19/h6-11,18H,12H2,1-5H3,(H2,22,23,26)/t18-/m0/s1. The summed E-state index contributed by atoms with van der Waals surface area (Å²) < 4.78 is 11.5. The smallest absolute Gasteiger partial charge is 0.171 e. The molecule has 0 amide bonds. The minimum absolute atomic E-state index is 0.0745. The van der Waals surface area contributed by atoms with Gasteiger partial charge in [0, 0.05) is 23.7 Å². The van der Waals surface area contributed by atoms with Crippen LogP contribution in [0, 0.1) is 13.8 Å². The van der Waals surface area contributed by atoms with Crippen molar-refractivity contribution in [2.45, 2.75) is 45.8 Å². The number of anilines is 1. The van der Waals surface area contributed by atoms with Crippen LogP contribution in [-0.4, -0.2) is 17.8 Å². The van der Waals surface area contributed by atoms with Crippen LogP contribution in [0.15, 0.2) is 36.4 Å². The van der Waals surface area contributed by atoms with Crippen molar-refractivity contribution >= 4 is 23.0 Å². The van der Waals surface area contributed by atoms with Crippen molar-refractivity contribution in [1.82, 2.24) is 5.32 Å². The van der Waals surface area contributed by atoms with Gasteiger partial charge in [-0.3, -0.25) is 0 Å². The van der Waals surface area contributed by atoms with Crippen LogP contribution in [0.3, 0.4) is 0 Å². The molecule has 4 nitrogen and oxygen atoms in total. The summed E-state index contributed by atoms with van der Waals surface area (Å²) in [5.74, 6) is 1.63. The molecule has 2 aromatic carbocycles. The summed E-state index contributed by atoms with van der Waals surface area (Å²) in [7, 11) is 1.66. The molecule has 1 atom stereocenters.